The van der Waals surface area contributed by atoms with E-state index in [1.165, 1.54) is 16.2 Å². The summed E-state index contributed by atoms with van der Waals surface area (Å²) < 4.78 is 0. The molecule has 1 aliphatic rings. The van der Waals surface area contributed by atoms with Crippen molar-refractivity contribution in [3.8, 4) is 17.2 Å². The Morgan fingerprint density at radius 3 is 2.74 bits per heavy atom. The van der Waals surface area contributed by atoms with E-state index in [1.54, 1.807) is 36.7 Å². The van der Waals surface area contributed by atoms with Crippen LogP contribution in [0.15, 0.2) is 54.2 Å². The number of hydrogen-bond acceptors (Lipinski definition) is 8. The number of aliphatic hydroxyl groups is 2. The van der Waals surface area contributed by atoms with Gasteiger partial charge in [0, 0.05) is 35.4 Å². The van der Waals surface area contributed by atoms with E-state index in [2.05, 4.69) is 21.4 Å². The fraction of sp³-hybridized carbons (Fsp3) is 0.292. The SMILES string of the molecule is N#Cc1ccccc1-c1ccc(CNC(=O)[C@H](O)[C@@H](O)C(=O)N2CCC[C@@H]2c2nccs2)nc1. The number of thiazole rings is 1. The van der Waals surface area contributed by atoms with Crippen LogP contribution in [0.5, 0.6) is 0 Å². The summed E-state index contributed by atoms with van der Waals surface area (Å²) in [7, 11) is 0. The minimum absolute atomic E-state index is 0.00242. The highest BCUT2D eigenvalue weighted by Gasteiger charge is 2.39. The van der Waals surface area contributed by atoms with Gasteiger partial charge in [0.25, 0.3) is 11.8 Å². The molecule has 3 aromatic rings. The number of pyridine rings is 1. The number of nitrogens with zero attached hydrogens (tertiary/aromatic N) is 4. The normalized spacial score (nSPS) is 17.1. The van der Waals surface area contributed by atoms with Crippen molar-refractivity contribution in [3.05, 3.63) is 70.4 Å². The third-order valence-electron chi connectivity index (χ3n) is 5.72. The quantitative estimate of drug-likeness (QED) is 0.471. The van der Waals surface area contributed by atoms with E-state index >= 15 is 0 Å². The van der Waals surface area contributed by atoms with Crippen LogP contribution in [-0.2, 0) is 16.1 Å². The molecular formula is C24H23N5O4S. The summed E-state index contributed by atoms with van der Waals surface area (Å²) in [5.41, 5.74) is 2.56. The first-order valence-electron chi connectivity index (χ1n) is 10.8. The zero-order valence-electron chi connectivity index (χ0n) is 18.2. The van der Waals surface area contributed by atoms with Gasteiger partial charge < -0.3 is 20.4 Å². The van der Waals surface area contributed by atoms with E-state index in [0.29, 0.717) is 17.8 Å². The van der Waals surface area contributed by atoms with Gasteiger partial charge in [-0.15, -0.1) is 11.3 Å². The molecule has 0 saturated carbocycles. The fourth-order valence-corrected chi connectivity index (χ4v) is 4.72. The second-order valence-electron chi connectivity index (χ2n) is 7.86. The summed E-state index contributed by atoms with van der Waals surface area (Å²) in [6.07, 6.45) is 0.937. The van der Waals surface area contributed by atoms with Gasteiger partial charge in [0.1, 0.15) is 5.01 Å². The number of amides is 2. The van der Waals surface area contributed by atoms with Gasteiger partial charge >= 0.3 is 0 Å². The number of nitriles is 1. The van der Waals surface area contributed by atoms with E-state index in [-0.39, 0.29) is 12.6 Å². The molecule has 1 aromatic carbocycles. The summed E-state index contributed by atoms with van der Waals surface area (Å²) >= 11 is 1.42. The highest BCUT2D eigenvalue weighted by atomic mass is 32.1. The van der Waals surface area contributed by atoms with E-state index in [1.807, 2.05) is 17.5 Å². The zero-order chi connectivity index (χ0) is 24.1. The Hall–Kier alpha value is -3.65. The van der Waals surface area contributed by atoms with Gasteiger partial charge in [-0.3, -0.25) is 14.6 Å². The molecule has 3 atom stereocenters. The van der Waals surface area contributed by atoms with Crippen LogP contribution in [-0.4, -0.2) is 55.6 Å². The molecule has 2 aromatic heterocycles. The first-order chi connectivity index (χ1) is 16.5. The molecule has 4 rings (SSSR count). The monoisotopic (exact) mass is 477 g/mol. The lowest BCUT2D eigenvalue weighted by atomic mass is 10.0. The van der Waals surface area contributed by atoms with Crippen molar-refractivity contribution >= 4 is 23.2 Å². The summed E-state index contributed by atoms with van der Waals surface area (Å²) in [6.45, 7) is 0.433. The maximum absolute atomic E-state index is 12.8. The Balaban J connectivity index is 1.34. The highest BCUT2D eigenvalue weighted by Crippen LogP contribution is 2.33. The van der Waals surface area contributed by atoms with Crippen LogP contribution >= 0.6 is 11.3 Å². The van der Waals surface area contributed by atoms with Crippen LogP contribution < -0.4 is 5.32 Å². The van der Waals surface area contributed by atoms with Gasteiger partial charge in [-0.2, -0.15) is 5.26 Å². The number of likely N-dealkylation sites (tertiary alicyclic amines) is 1. The summed E-state index contributed by atoms with van der Waals surface area (Å²) in [4.78, 5) is 35.2. The summed E-state index contributed by atoms with van der Waals surface area (Å²) in [6, 6.07) is 12.5. The van der Waals surface area contributed by atoms with Crippen molar-refractivity contribution in [2.24, 2.45) is 0 Å². The number of aliphatic hydroxyl groups excluding tert-OH is 2. The molecule has 34 heavy (non-hydrogen) atoms. The minimum Gasteiger partial charge on any atom is -0.380 e. The molecule has 1 fully saturated rings. The smallest absolute Gasteiger partial charge is 0.255 e. The molecule has 1 aliphatic heterocycles. The van der Waals surface area contributed by atoms with Crippen molar-refractivity contribution in [1.82, 2.24) is 20.2 Å². The van der Waals surface area contributed by atoms with Crippen molar-refractivity contribution in [3.63, 3.8) is 0 Å². The van der Waals surface area contributed by atoms with Gasteiger partial charge in [0.15, 0.2) is 12.2 Å². The Bertz CT molecular complexity index is 1190. The predicted molar refractivity (Wildman–Crippen MR) is 124 cm³/mol. The van der Waals surface area contributed by atoms with E-state index in [9.17, 15) is 25.1 Å². The van der Waals surface area contributed by atoms with Gasteiger partial charge in [0.05, 0.1) is 29.9 Å². The zero-order valence-corrected chi connectivity index (χ0v) is 19.0. The number of aromatic nitrogens is 2. The molecule has 174 valence electrons. The molecule has 0 aliphatic carbocycles. The molecule has 3 N–H and O–H groups in total. The van der Waals surface area contributed by atoms with Crippen molar-refractivity contribution in [1.29, 1.82) is 5.26 Å². The molecule has 0 bridgehead atoms. The lowest BCUT2D eigenvalue weighted by molar-refractivity contribution is -0.153. The van der Waals surface area contributed by atoms with Gasteiger partial charge in [-0.1, -0.05) is 24.3 Å². The Kier molecular flexibility index (Phi) is 7.27. The first kappa shape index (κ1) is 23.5. The highest BCUT2D eigenvalue weighted by molar-refractivity contribution is 7.09. The van der Waals surface area contributed by atoms with Crippen molar-refractivity contribution in [2.75, 3.05) is 6.54 Å². The van der Waals surface area contributed by atoms with Gasteiger partial charge in [-0.05, 0) is 25.0 Å². The van der Waals surface area contributed by atoms with Crippen molar-refractivity contribution < 1.29 is 19.8 Å². The summed E-state index contributed by atoms with van der Waals surface area (Å²) in [5, 5.41) is 35.0. The van der Waals surface area contributed by atoms with Gasteiger partial charge in [-0.25, -0.2) is 4.98 Å². The van der Waals surface area contributed by atoms with E-state index in [4.69, 9.17) is 0 Å². The predicted octanol–water partition coefficient (Wildman–Crippen LogP) is 1.78. The number of rotatable bonds is 7. The third kappa shape index (κ3) is 4.97. The number of nitrogens with one attached hydrogen (secondary N) is 1. The maximum Gasteiger partial charge on any atom is 0.255 e. The second kappa shape index (κ2) is 10.5. The Morgan fingerprint density at radius 2 is 2.03 bits per heavy atom. The number of carbonyl (C=O) groups is 2. The topological polar surface area (TPSA) is 139 Å². The fourth-order valence-electron chi connectivity index (χ4n) is 3.94. The van der Waals surface area contributed by atoms with Crippen molar-refractivity contribution in [2.45, 2.75) is 37.6 Å². The number of benzene rings is 1. The number of carbonyl (C=O) groups excluding carboxylic acids is 2. The second-order valence-corrected chi connectivity index (χ2v) is 8.79. The Labute approximate surface area is 200 Å². The van der Waals surface area contributed by atoms with Gasteiger partial charge in [0.2, 0.25) is 0 Å². The molecule has 9 nitrogen and oxygen atoms in total. The van der Waals surface area contributed by atoms with Crippen LogP contribution in [0.25, 0.3) is 11.1 Å². The van der Waals surface area contributed by atoms with E-state index in [0.717, 1.165) is 29.0 Å². The molecule has 3 heterocycles. The minimum atomic E-state index is -1.91. The van der Waals surface area contributed by atoms with Crippen LogP contribution in [0.4, 0.5) is 0 Å². The van der Waals surface area contributed by atoms with Crippen LogP contribution in [0.2, 0.25) is 0 Å². The average molecular weight is 478 g/mol. The average Bonchev–Trinajstić information content (AvgIpc) is 3.58. The van der Waals surface area contributed by atoms with Crippen LogP contribution in [0, 0.1) is 11.3 Å². The third-order valence-corrected chi connectivity index (χ3v) is 6.60. The lowest BCUT2D eigenvalue weighted by Crippen LogP contribution is -2.50. The molecular weight excluding hydrogens is 454 g/mol. The molecule has 10 heteroatoms. The lowest BCUT2D eigenvalue weighted by Gasteiger charge is -2.27. The standard InChI is InChI=1S/C24H23N5O4S/c25-12-15-4-1-2-5-18(15)16-7-8-17(27-13-16)14-28-22(32)20(30)21(31)24(33)29-10-3-6-19(29)23-26-9-11-34-23/h1-2,4-5,7-9,11,13,19-21,30-31H,3,6,10,14H2,(H,28,32)/t19-,20-,21-/m1/s1. The Morgan fingerprint density at radius 1 is 1.21 bits per heavy atom. The maximum atomic E-state index is 12.8. The van der Waals surface area contributed by atoms with Crippen LogP contribution in [0.1, 0.15) is 35.1 Å². The summed E-state index contributed by atoms with van der Waals surface area (Å²) in [5.74, 6) is -1.56. The molecule has 1 saturated heterocycles. The van der Waals surface area contributed by atoms with Crippen LogP contribution in [0.3, 0.4) is 0 Å². The largest absolute Gasteiger partial charge is 0.380 e. The molecule has 0 unspecified atom stereocenters. The first-order valence-corrected chi connectivity index (χ1v) is 11.7. The van der Waals surface area contributed by atoms with E-state index < -0.39 is 24.0 Å². The molecule has 0 spiro atoms. The molecule has 0 radical (unpaired) electrons. The molecule has 2 amide bonds. The number of hydrogen-bond donors (Lipinski definition) is 3.